The van der Waals surface area contributed by atoms with E-state index in [0.717, 1.165) is 49.3 Å². The van der Waals surface area contributed by atoms with E-state index in [-0.39, 0.29) is 29.9 Å². The number of anilines is 2. The third-order valence-corrected chi connectivity index (χ3v) is 10.3. The quantitative estimate of drug-likeness (QED) is 0.0868. The number of hydrogen-bond acceptors (Lipinski definition) is 10. The van der Waals surface area contributed by atoms with Crippen molar-refractivity contribution >= 4 is 23.7 Å². The van der Waals surface area contributed by atoms with Crippen molar-refractivity contribution in [3.63, 3.8) is 0 Å². The van der Waals surface area contributed by atoms with Crippen LogP contribution in [-0.2, 0) is 4.74 Å². The van der Waals surface area contributed by atoms with Crippen molar-refractivity contribution in [2.75, 3.05) is 43.5 Å². The number of ether oxygens (including phenoxy) is 2. The highest BCUT2D eigenvalue weighted by Crippen LogP contribution is 2.50. The van der Waals surface area contributed by atoms with Gasteiger partial charge in [0.25, 0.3) is 11.8 Å². The van der Waals surface area contributed by atoms with Gasteiger partial charge in [-0.05, 0) is 100 Å². The number of piperidine rings is 1. The highest BCUT2D eigenvalue weighted by molar-refractivity contribution is 6.04. The van der Waals surface area contributed by atoms with E-state index in [0.29, 0.717) is 36.3 Å². The van der Waals surface area contributed by atoms with E-state index in [1.165, 1.54) is 36.6 Å². The standard InChI is InChI=1S/C39H42FN9O5/c1-3-29-25-11-9-18-39(29,46-47-41)30-16-17-34(43-32(30)23-25)53-38(51)49(22-10-21-48-19-7-4-8-20-48)37-45-44-36(54-37)28-15-14-26(24-33(28)52-2)42-35(50)27-12-5-6-13-31(27)40/h3,5-6,9,11-17,24-25,34,43H,4,7-8,10,18-23H2,1-2H3,(H,42,50)/b29-3+/t25-,34?,39?/m1/s1. The Labute approximate surface area is 312 Å². The lowest BCUT2D eigenvalue weighted by molar-refractivity contribution is 0.102. The van der Waals surface area contributed by atoms with Gasteiger partial charge in [0.1, 0.15) is 17.1 Å². The normalized spacial score (nSPS) is 22.5. The topological polar surface area (TPSA) is 171 Å². The van der Waals surface area contributed by atoms with Gasteiger partial charge in [-0.1, -0.05) is 58.6 Å². The number of hydrogen-bond donors (Lipinski definition) is 2. The maximum Gasteiger partial charge on any atom is 0.420 e. The minimum Gasteiger partial charge on any atom is -0.496 e. The Morgan fingerprint density at radius 2 is 2.04 bits per heavy atom. The van der Waals surface area contributed by atoms with Gasteiger partial charge in [-0.3, -0.25) is 4.79 Å². The van der Waals surface area contributed by atoms with Crippen LogP contribution in [0.4, 0.5) is 20.9 Å². The first-order valence-corrected chi connectivity index (χ1v) is 18.2. The van der Waals surface area contributed by atoms with Gasteiger partial charge in [-0.2, -0.15) is 0 Å². The molecular formula is C39H42FN9O5. The van der Waals surface area contributed by atoms with E-state index in [1.54, 1.807) is 30.3 Å². The fraction of sp³-hybridized carbons (Fsp3) is 0.385. The minimum absolute atomic E-state index is 0.0512. The summed E-state index contributed by atoms with van der Waals surface area (Å²) in [6.07, 6.45) is 13.7. The number of nitrogens with one attached hydrogen (secondary N) is 2. The third-order valence-electron chi connectivity index (χ3n) is 10.3. The summed E-state index contributed by atoms with van der Waals surface area (Å²) in [5, 5.41) is 18.8. The van der Waals surface area contributed by atoms with Crippen LogP contribution in [-0.4, -0.2) is 72.2 Å². The number of methoxy groups -OCH3 is 1. The Hall–Kier alpha value is -5.92. The summed E-state index contributed by atoms with van der Waals surface area (Å²) in [7, 11) is 1.46. The van der Waals surface area contributed by atoms with Crippen LogP contribution in [0, 0.1) is 11.7 Å². The van der Waals surface area contributed by atoms with Gasteiger partial charge in [0.15, 0.2) is 6.23 Å². The van der Waals surface area contributed by atoms with Crippen molar-refractivity contribution in [1.82, 2.24) is 20.4 Å². The predicted molar refractivity (Wildman–Crippen MR) is 200 cm³/mol. The van der Waals surface area contributed by atoms with E-state index >= 15 is 0 Å². The second-order valence-corrected chi connectivity index (χ2v) is 13.6. The molecule has 7 rings (SSSR count). The lowest BCUT2D eigenvalue weighted by atomic mass is 9.64. The maximum atomic E-state index is 14.2. The molecule has 2 aliphatic heterocycles. The van der Waals surface area contributed by atoms with E-state index < -0.39 is 29.6 Å². The molecule has 54 heavy (non-hydrogen) atoms. The van der Waals surface area contributed by atoms with E-state index in [1.807, 2.05) is 19.1 Å². The number of amides is 2. The van der Waals surface area contributed by atoms with Gasteiger partial charge in [-0.25, -0.2) is 14.1 Å². The zero-order valence-electron chi connectivity index (χ0n) is 30.2. The number of carbonyl (C=O) groups is 2. The molecule has 2 unspecified atom stereocenters. The molecule has 4 aliphatic rings. The van der Waals surface area contributed by atoms with Crippen LogP contribution in [0.15, 0.2) is 99.2 Å². The summed E-state index contributed by atoms with van der Waals surface area (Å²) in [6.45, 7) is 5.05. The largest absolute Gasteiger partial charge is 0.496 e. The molecule has 3 heterocycles. The molecule has 1 saturated heterocycles. The number of halogens is 1. The van der Waals surface area contributed by atoms with E-state index in [9.17, 15) is 19.5 Å². The molecule has 3 aromatic rings. The van der Waals surface area contributed by atoms with Gasteiger partial charge in [0.2, 0.25) is 0 Å². The SMILES string of the molecule is C/C=C1\[C@@H]2C=CCC1(N=[N+]=[N-])C1=C(C2)NC(OC(=O)N(CCCN2CCCCC2)c2nnc(-c3ccc(NC(=O)c4ccccc4F)cc3OC)o2)C=C1. The van der Waals surface area contributed by atoms with Gasteiger partial charge < -0.3 is 29.4 Å². The highest BCUT2D eigenvalue weighted by Gasteiger charge is 2.46. The fourth-order valence-corrected chi connectivity index (χ4v) is 7.78. The number of dihydropyridines is 1. The number of fused-ring (bicyclic) bond motifs is 3. The van der Waals surface area contributed by atoms with Gasteiger partial charge in [-0.15, -0.1) is 5.10 Å². The van der Waals surface area contributed by atoms with Crippen molar-refractivity contribution in [2.24, 2.45) is 11.0 Å². The summed E-state index contributed by atoms with van der Waals surface area (Å²) in [6, 6.07) is 10.5. The number of rotatable bonds is 11. The molecule has 0 saturated carbocycles. The zero-order valence-corrected chi connectivity index (χ0v) is 30.2. The summed E-state index contributed by atoms with van der Waals surface area (Å²) in [4.78, 5) is 33.6. The molecule has 280 valence electrons. The second kappa shape index (κ2) is 16.0. The van der Waals surface area contributed by atoms with Crippen molar-refractivity contribution in [1.29, 1.82) is 0 Å². The highest BCUT2D eigenvalue weighted by atomic mass is 19.1. The molecular weight excluding hydrogens is 693 g/mol. The lowest BCUT2D eigenvalue weighted by Gasteiger charge is -2.46. The number of nitrogens with zero attached hydrogens (tertiary/aromatic N) is 7. The molecule has 3 atom stereocenters. The van der Waals surface area contributed by atoms with Crippen LogP contribution in [0.25, 0.3) is 21.9 Å². The average Bonchev–Trinajstić information content (AvgIpc) is 3.66. The van der Waals surface area contributed by atoms with Crippen molar-refractivity contribution in [3.05, 3.63) is 112 Å². The molecule has 2 aromatic carbocycles. The van der Waals surface area contributed by atoms with Crippen molar-refractivity contribution in [2.45, 2.75) is 57.2 Å². The first-order chi connectivity index (χ1) is 26.3. The maximum absolute atomic E-state index is 14.2. The van der Waals surface area contributed by atoms with E-state index in [2.05, 4.69) is 47.9 Å². The van der Waals surface area contributed by atoms with Crippen molar-refractivity contribution < 1.29 is 27.9 Å². The van der Waals surface area contributed by atoms with Crippen LogP contribution in [0.5, 0.6) is 5.75 Å². The van der Waals surface area contributed by atoms with Crippen LogP contribution in [0.3, 0.4) is 0 Å². The number of carbonyl (C=O) groups excluding carboxylic acids is 2. The second-order valence-electron chi connectivity index (χ2n) is 13.6. The van der Waals surface area contributed by atoms with Gasteiger partial charge in [0, 0.05) is 34.8 Å². The molecule has 14 nitrogen and oxygen atoms in total. The molecule has 0 spiro atoms. The Kier molecular flexibility index (Phi) is 10.8. The summed E-state index contributed by atoms with van der Waals surface area (Å²) in [5.41, 5.74) is 12.2. The van der Waals surface area contributed by atoms with Gasteiger partial charge in [0.05, 0.1) is 18.2 Å². The summed E-state index contributed by atoms with van der Waals surface area (Å²) >= 11 is 0. The number of allylic oxidation sites excluding steroid dienone is 3. The van der Waals surface area contributed by atoms with Crippen LogP contribution in [0.1, 0.15) is 55.8 Å². The minimum atomic E-state index is -0.833. The zero-order chi connectivity index (χ0) is 37.7. The Bertz CT molecular complexity index is 2080. The third kappa shape index (κ3) is 7.32. The molecule has 2 aliphatic carbocycles. The number of benzene rings is 2. The number of azide groups is 1. The molecule has 15 heteroatoms. The molecule has 2 bridgehead atoms. The van der Waals surface area contributed by atoms with Crippen LogP contribution in [0.2, 0.25) is 0 Å². The Balaban J connectivity index is 1.10. The van der Waals surface area contributed by atoms with E-state index in [4.69, 9.17) is 13.9 Å². The number of likely N-dealkylation sites (tertiary alicyclic amines) is 1. The smallest absolute Gasteiger partial charge is 0.420 e. The summed E-state index contributed by atoms with van der Waals surface area (Å²) in [5.74, 6) is -0.803. The predicted octanol–water partition coefficient (Wildman–Crippen LogP) is 7.67. The van der Waals surface area contributed by atoms with Gasteiger partial charge >= 0.3 is 12.1 Å². The molecule has 1 fully saturated rings. The average molecular weight is 736 g/mol. The Morgan fingerprint density at radius 1 is 1.20 bits per heavy atom. The molecule has 0 radical (unpaired) electrons. The first kappa shape index (κ1) is 36.4. The Morgan fingerprint density at radius 3 is 2.81 bits per heavy atom. The lowest BCUT2D eigenvalue weighted by Crippen LogP contribution is -2.47. The first-order valence-electron chi connectivity index (χ1n) is 18.2. The fourth-order valence-electron chi connectivity index (χ4n) is 7.78. The van der Waals surface area contributed by atoms with Crippen molar-refractivity contribution in [3.8, 4) is 17.2 Å². The van der Waals surface area contributed by atoms with Crippen LogP contribution >= 0.6 is 0 Å². The number of aromatic nitrogens is 2. The summed E-state index contributed by atoms with van der Waals surface area (Å²) < 4.78 is 31.9. The molecule has 2 amide bonds. The molecule has 2 N–H and O–H groups in total. The van der Waals surface area contributed by atoms with Crippen LogP contribution < -0.4 is 20.3 Å². The monoisotopic (exact) mass is 735 g/mol. The molecule has 1 aromatic heterocycles.